The number of carbonyl (C=O) groups is 1. The van der Waals surface area contributed by atoms with Crippen LogP contribution in [0, 0.1) is 11.8 Å². The molecule has 1 amide bonds. The zero-order valence-electron chi connectivity index (χ0n) is 20.2. The number of pyridine rings is 1. The molecule has 0 spiro atoms. The van der Waals surface area contributed by atoms with E-state index < -0.39 is 5.92 Å². The van der Waals surface area contributed by atoms with Gasteiger partial charge in [0.2, 0.25) is 5.91 Å². The van der Waals surface area contributed by atoms with Gasteiger partial charge < -0.3 is 15.0 Å². The van der Waals surface area contributed by atoms with Crippen molar-refractivity contribution in [3.63, 3.8) is 0 Å². The molecule has 4 atom stereocenters. The summed E-state index contributed by atoms with van der Waals surface area (Å²) in [7, 11) is 0. The van der Waals surface area contributed by atoms with E-state index in [1.54, 1.807) is 12.4 Å². The van der Waals surface area contributed by atoms with Crippen molar-refractivity contribution in [3.8, 4) is 11.1 Å². The molecule has 1 saturated heterocycles. The summed E-state index contributed by atoms with van der Waals surface area (Å²) in [5.74, 6) is -0.651. The Kier molecular flexibility index (Phi) is 6.15. The first-order valence-corrected chi connectivity index (χ1v) is 12.9. The first kappa shape index (κ1) is 23.1. The van der Waals surface area contributed by atoms with E-state index in [0.29, 0.717) is 17.7 Å². The normalized spacial score (nSPS) is 25.2. The summed E-state index contributed by atoms with van der Waals surface area (Å²) in [5.41, 5.74) is 3.20. The van der Waals surface area contributed by atoms with Crippen LogP contribution in [-0.2, 0) is 17.8 Å². The second kappa shape index (κ2) is 9.59. The maximum atomic E-state index is 13.6. The van der Waals surface area contributed by atoms with E-state index >= 15 is 0 Å². The molecule has 4 heterocycles. The monoisotopic (exact) mass is 485 g/mol. The number of aliphatic hydroxyl groups excluding tert-OH is 1. The van der Waals surface area contributed by atoms with Gasteiger partial charge in [0, 0.05) is 61.3 Å². The quantitative estimate of drug-likeness (QED) is 0.532. The summed E-state index contributed by atoms with van der Waals surface area (Å²) in [6.07, 6.45) is 8.73. The fourth-order valence-electron chi connectivity index (χ4n) is 6.24. The summed E-state index contributed by atoms with van der Waals surface area (Å²) in [4.78, 5) is 37.8. The number of fused-ring (bicyclic) bond motifs is 4. The van der Waals surface area contributed by atoms with Crippen LogP contribution in [0.25, 0.3) is 11.1 Å². The summed E-state index contributed by atoms with van der Waals surface area (Å²) in [6.45, 7) is 1.11. The zero-order valence-corrected chi connectivity index (χ0v) is 20.2. The SMILES string of the molecule is O=C(NC1CCC1)[C@@H]1[C@@H](CO)[C@@H]2Cn3c(ccc(-c4cncnc4)c3=O)[C@H]1N2CCc1ccccc1. The van der Waals surface area contributed by atoms with Crippen molar-refractivity contribution in [2.45, 2.75) is 50.4 Å². The maximum Gasteiger partial charge on any atom is 0.258 e. The van der Waals surface area contributed by atoms with Crippen LogP contribution in [0.15, 0.2) is 66.0 Å². The highest BCUT2D eigenvalue weighted by atomic mass is 16.3. The number of benzene rings is 1. The Morgan fingerprint density at radius 1 is 1.08 bits per heavy atom. The number of nitrogens with one attached hydrogen (secondary N) is 1. The highest BCUT2D eigenvalue weighted by Crippen LogP contribution is 2.48. The number of hydrogen-bond donors (Lipinski definition) is 2. The highest BCUT2D eigenvalue weighted by Gasteiger charge is 2.55. The minimum Gasteiger partial charge on any atom is -0.396 e. The average molecular weight is 486 g/mol. The third kappa shape index (κ3) is 3.94. The molecule has 3 aromatic rings. The first-order valence-electron chi connectivity index (χ1n) is 12.9. The lowest BCUT2D eigenvalue weighted by Gasteiger charge is -2.38. The van der Waals surface area contributed by atoms with Crippen molar-refractivity contribution >= 4 is 5.91 Å². The Bertz CT molecular complexity index is 1290. The third-order valence-corrected chi connectivity index (χ3v) is 8.30. The van der Waals surface area contributed by atoms with Crippen LogP contribution in [0.5, 0.6) is 0 Å². The highest BCUT2D eigenvalue weighted by molar-refractivity contribution is 5.81. The van der Waals surface area contributed by atoms with Crippen LogP contribution in [0.4, 0.5) is 0 Å². The van der Waals surface area contributed by atoms with Crippen LogP contribution in [-0.4, -0.2) is 55.7 Å². The van der Waals surface area contributed by atoms with Crippen LogP contribution < -0.4 is 10.9 Å². The van der Waals surface area contributed by atoms with E-state index in [2.05, 4.69) is 32.3 Å². The fourth-order valence-corrected chi connectivity index (χ4v) is 6.24. The predicted octanol–water partition coefficient (Wildman–Crippen LogP) is 2.18. The van der Waals surface area contributed by atoms with Gasteiger partial charge in [-0.05, 0) is 43.4 Å². The van der Waals surface area contributed by atoms with Gasteiger partial charge in [-0.3, -0.25) is 14.5 Å². The number of hydrogen-bond acceptors (Lipinski definition) is 6. The molecule has 2 aromatic heterocycles. The Labute approximate surface area is 210 Å². The van der Waals surface area contributed by atoms with E-state index in [4.69, 9.17) is 0 Å². The molecule has 0 unspecified atom stereocenters. The Morgan fingerprint density at radius 2 is 1.86 bits per heavy atom. The molecular weight excluding hydrogens is 454 g/mol. The molecule has 8 nitrogen and oxygen atoms in total. The minimum absolute atomic E-state index is 0.00241. The molecule has 2 N–H and O–H groups in total. The van der Waals surface area contributed by atoms with Crippen LogP contribution in [0.2, 0.25) is 0 Å². The van der Waals surface area contributed by atoms with Crippen molar-refractivity contribution in [1.82, 2.24) is 24.8 Å². The summed E-state index contributed by atoms with van der Waals surface area (Å²) in [6, 6.07) is 14.0. The lowest BCUT2D eigenvalue weighted by molar-refractivity contribution is -0.128. The Morgan fingerprint density at radius 3 is 2.56 bits per heavy atom. The standard InChI is InChI=1S/C28H31N5O3/c34-16-22-24-15-33-23(10-9-21(28(33)36)19-13-29-17-30-14-19)26(25(22)27(35)31-20-7-4-8-20)32(24)12-11-18-5-2-1-3-6-18/h1-3,5-6,9-10,13-14,17,20,22,24-26,34H,4,7-8,11-12,15-16H2,(H,31,35)/t22-,24-,25+,26+/m0/s1. The van der Waals surface area contributed by atoms with E-state index in [1.807, 2.05) is 34.9 Å². The van der Waals surface area contributed by atoms with Crippen molar-refractivity contribution in [2.75, 3.05) is 13.2 Å². The molecule has 186 valence electrons. The smallest absolute Gasteiger partial charge is 0.258 e. The van der Waals surface area contributed by atoms with E-state index in [-0.39, 0.29) is 42.1 Å². The minimum atomic E-state index is -0.407. The van der Waals surface area contributed by atoms with E-state index in [9.17, 15) is 14.7 Å². The van der Waals surface area contributed by atoms with Gasteiger partial charge in [0.1, 0.15) is 6.33 Å². The summed E-state index contributed by atoms with van der Waals surface area (Å²) < 4.78 is 1.82. The number of aromatic nitrogens is 3. The van der Waals surface area contributed by atoms with Crippen molar-refractivity contribution in [1.29, 1.82) is 0 Å². The first-order chi connectivity index (χ1) is 17.7. The van der Waals surface area contributed by atoms with Crippen LogP contribution >= 0.6 is 0 Å². The van der Waals surface area contributed by atoms with Crippen molar-refractivity contribution < 1.29 is 9.90 Å². The Hall–Kier alpha value is -3.36. The Balaban J connectivity index is 1.39. The van der Waals surface area contributed by atoms with Crippen LogP contribution in [0.1, 0.15) is 36.6 Å². The largest absolute Gasteiger partial charge is 0.396 e. The van der Waals surface area contributed by atoms with Crippen LogP contribution in [0.3, 0.4) is 0 Å². The molecule has 2 bridgehead atoms. The molecule has 6 rings (SSSR count). The zero-order chi connectivity index (χ0) is 24.6. The molecule has 0 radical (unpaired) electrons. The van der Waals surface area contributed by atoms with Gasteiger partial charge in [-0.1, -0.05) is 30.3 Å². The fraction of sp³-hybridized carbons (Fsp3) is 0.429. The van der Waals surface area contributed by atoms with Gasteiger partial charge in [0.15, 0.2) is 0 Å². The van der Waals surface area contributed by atoms with E-state index in [1.165, 1.54) is 11.9 Å². The molecule has 1 aromatic carbocycles. The molecule has 8 heteroatoms. The van der Waals surface area contributed by atoms with Gasteiger partial charge >= 0.3 is 0 Å². The number of nitrogens with zero attached hydrogens (tertiary/aromatic N) is 4. The van der Waals surface area contributed by atoms with Gasteiger partial charge in [0.25, 0.3) is 5.56 Å². The van der Waals surface area contributed by atoms with Gasteiger partial charge in [0.05, 0.1) is 17.5 Å². The topological polar surface area (TPSA) is 100 Å². The number of aliphatic hydroxyl groups is 1. The second-order valence-electron chi connectivity index (χ2n) is 10.2. The van der Waals surface area contributed by atoms with Gasteiger partial charge in [-0.2, -0.15) is 0 Å². The van der Waals surface area contributed by atoms with E-state index in [0.717, 1.165) is 37.9 Å². The lowest BCUT2D eigenvalue weighted by Crippen LogP contribution is -2.47. The number of carbonyl (C=O) groups excluding carboxylic acids is 1. The summed E-state index contributed by atoms with van der Waals surface area (Å²) >= 11 is 0. The predicted molar refractivity (Wildman–Crippen MR) is 135 cm³/mol. The number of rotatable bonds is 7. The molecule has 1 aliphatic carbocycles. The molecule has 3 aliphatic rings. The molecule has 1 saturated carbocycles. The van der Waals surface area contributed by atoms with Gasteiger partial charge in [-0.25, -0.2) is 9.97 Å². The molecule has 2 fully saturated rings. The average Bonchev–Trinajstić information content (AvgIpc) is 3.11. The maximum absolute atomic E-state index is 13.6. The van der Waals surface area contributed by atoms with Crippen molar-refractivity contribution in [3.05, 3.63) is 82.8 Å². The number of amides is 1. The third-order valence-electron chi connectivity index (χ3n) is 8.30. The molecule has 36 heavy (non-hydrogen) atoms. The van der Waals surface area contributed by atoms with Gasteiger partial charge in [-0.15, -0.1) is 0 Å². The molecule has 2 aliphatic heterocycles. The second-order valence-corrected chi connectivity index (χ2v) is 10.2. The lowest BCUT2D eigenvalue weighted by atomic mass is 9.85. The molecular formula is C28H31N5O3. The summed E-state index contributed by atoms with van der Waals surface area (Å²) in [5, 5.41) is 13.7. The van der Waals surface area contributed by atoms with Crippen molar-refractivity contribution in [2.24, 2.45) is 11.8 Å².